The summed E-state index contributed by atoms with van der Waals surface area (Å²) in [5.41, 5.74) is 0.877. The number of carbonyl (C=O) groups is 1. The summed E-state index contributed by atoms with van der Waals surface area (Å²) in [6, 6.07) is 5.21. The quantitative estimate of drug-likeness (QED) is 0.861. The summed E-state index contributed by atoms with van der Waals surface area (Å²) in [7, 11) is 1.86. The van der Waals surface area contributed by atoms with Crippen LogP contribution in [0.3, 0.4) is 0 Å². The number of carboxylic acids is 1. The highest BCUT2D eigenvalue weighted by atomic mass is 35.5. The van der Waals surface area contributed by atoms with Crippen molar-refractivity contribution in [3.05, 3.63) is 23.2 Å². The fraction of sp³-hybridized carbons (Fsp3) is 0.364. The van der Waals surface area contributed by atoms with Crippen LogP contribution in [-0.4, -0.2) is 30.8 Å². The van der Waals surface area contributed by atoms with Crippen molar-refractivity contribution in [2.75, 3.05) is 18.6 Å². The van der Waals surface area contributed by atoms with Crippen LogP contribution < -0.4 is 9.64 Å². The molecule has 0 amide bonds. The first-order valence-electron chi connectivity index (χ1n) is 4.95. The molecule has 0 saturated heterocycles. The molecule has 86 valence electrons. The van der Waals surface area contributed by atoms with E-state index in [2.05, 4.69) is 0 Å². The van der Waals surface area contributed by atoms with E-state index in [0.717, 1.165) is 5.69 Å². The van der Waals surface area contributed by atoms with Gasteiger partial charge < -0.3 is 14.7 Å². The summed E-state index contributed by atoms with van der Waals surface area (Å²) in [6.45, 7) is 0.371. The Kier molecular flexibility index (Phi) is 2.92. The highest BCUT2D eigenvalue weighted by molar-refractivity contribution is 6.30. The van der Waals surface area contributed by atoms with Crippen molar-refractivity contribution in [1.82, 2.24) is 0 Å². The minimum absolute atomic E-state index is 0.0680. The van der Waals surface area contributed by atoms with Crippen molar-refractivity contribution in [2.45, 2.75) is 12.5 Å². The van der Waals surface area contributed by atoms with Crippen molar-refractivity contribution in [3.8, 4) is 5.75 Å². The molecular weight excluding hydrogens is 230 g/mol. The van der Waals surface area contributed by atoms with E-state index in [1.807, 2.05) is 18.0 Å². The van der Waals surface area contributed by atoms with Gasteiger partial charge in [-0.25, -0.2) is 0 Å². The fourth-order valence-corrected chi connectivity index (χ4v) is 1.95. The average molecular weight is 242 g/mol. The van der Waals surface area contributed by atoms with Crippen LogP contribution in [0, 0.1) is 0 Å². The van der Waals surface area contributed by atoms with E-state index in [1.165, 1.54) is 0 Å². The molecule has 4 nitrogen and oxygen atoms in total. The molecule has 1 aliphatic rings. The molecule has 0 fully saturated rings. The Balaban J connectivity index is 2.25. The van der Waals surface area contributed by atoms with Gasteiger partial charge in [0, 0.05) is 18.1 Å². The zero-order valence-corrected chi connectivity index (χ0v) is 9.57. The number of likely N-dealkylation sites (N-methyl/N-ethyl adjacent to an activating group) is 1. The molecule has 1 aromatic carbocycles. The second-order valence-electron chi connectivity index (χ2n) is 3.79. The Morgan fingerprint density at radius 2 is 2.44 bits per heavy atom. The zero-order valence-electron chi connectivity index (χ0n) is 8.81. The van der Waals surface area contributed by atoms with E-state index in [-0.39, 0.29) is 12.5 Å². The number of halogens is 1. The molecule has 0 aliphatic carbocycles. The first-order valence-corrected chi connectivity index (χ1v) is 5.32. The molecule has 2 rings (SSSR count). The summed E-state index contributed by atoms with van der Waals surface area (Å²) in [6.07, 6.45) is 0.0680. The molecule has 0 saturated carbocycles. The molecule has 0 aromatic heterocycles. The molecule has 1 unspecified atom stereocenters. The summed E-state index contributed by atoms with van der Waals surface area (Å²) >= 11 is 5.85. The van der Waals surface area contributed by atoms with Gasteiger partial charge >= 0.3 is 5.97 Å². The Labute approximate surface area is 98.4 Å². The fourth-order valence-electron chi connectivity index (χ4n) is 1.79. The number of benzene rings is 1. The van der Waals surface area contributed by atoms with Crippen molar-refractivity contribution >= 4 is 23.3 Å². The van der Waals surface area contributed by atoms with Crippen LogP contribution in [0.1, 0.15) is 6.42 Å². The first kappa shape index (κ1) is 11.1. The maximum absolute atomic E-state index is 10.7. The van der Waals surface area contributed by atoms with Crippen LogP contribution in [0.4, 0.5) is 5.69 Å². The Bertz CT molecular complexity index is 422. The third-order valence-corrected chi connectivity index (χ3v) is 2.93. The Hall–Kier alpha value is -1.42. The number of rotatable bonds is 2. The maximum Gasteiger partial charge on any atom is 0.305 e. The first-order chi connectivity index (χ1) is 7.58. The summed E-state index contributed by atoms with van der Waals surface area (Å²) < 4.78 is 5.50. The molecule has 1 heterocycles. The van der Waals surface area contributed by atoms with Gasteiger partial charge in [-0.3, -0.25) is 4.79 Å². The van der Waals surface area contributed by atoms with E-state index in [1.54, 1.807) is 12.1 Å². The summed E-state index contributed by atoms with van der Waals surface area (Å²) in [5.74, 6) is -0.116. The highest BCUT2D eigenvalue weighted by Crippen LogP contribution is 2.35. The van der Waals surface area contributed by atoms with Gasteiger partial charge in [0.1, 0.15) is 12.4 Å². The van der Waals surface area contributed by atoms with Gasteiger partial charge in [-0.2, -0.15) is 0 Å². The minimum Gasteiger partial charge on any atom is -0.489 e. The molecule has 0 radical (unpaired) electrons. The van der Waals surface area contributed by atoms with Crippen molar-refractivity contribution in [2.24, 2.45) is 0 Å². The largest absolute Gasteiger partial charge is 0.489 e. The Morgan fingerprint density at radius 1 is 1.69 bits per heavy atom. The lowest BCUT2D eigenvalue weighted by Crippen LogP contribution is -2.41. The molecular formula is C11H12ClNO3. The van der Waals surface area contributed by atoms with Crippen molar-refractivity contribution < 1.29 is 14.6 Å². The Morgan fingerprint density at radius 3 is 3.12 bits per heavy atom. The van der Waals surface area contributed by atoms with E-state index in [0.29, 0.717) is 17.4 Å². The number of anilines is 1. The van der Waals surface area contributed by atoms with Crippen molar-refractivity contribution in [3.63, 3.8) is 0 Å². The highest BCUT2D eigenvalue weighted by Gasteiger charge is 2.26. The maximum atomic E-state index is 10.7. The predicted molar refractivity (Wildman–Crippen MR) is 61.4 cm³/mol. The van der Waals surface area contributed by atoms with Crippen molar-refractivity contribution in [1.29, 1.82) is 0 Å². The number of fused-ring (bicyclic) bond motifs is 1. The van der Waals surface area contributed by atoms with Crippen LogP contribution in [-0.2, 0) is 4.79 Å². The number of carboxylic acid groups (broad SMARTS) is 1. The molecule has 0 bridgehead atoms. The van der Waals surface area contributed by atoms with Crippen LogP contribution in [0.15, 0.2) is 18.2 Å². The van der Waals surface area contributed by atoms with E-state index in [4.69, 9.17) is 21.4 Å². The monoisotopic (exact) mass is 241 g/mol. The van der Waals surface area contributed by atoms with Crippen LogP contribution in [0.5, 0.6) is 5.75 Å². The van der Waals surface area contributed by atoms with E-state index < -0.39 is 5.97 Å². The third kappa shape index (κ3) is 2.07. The summed E-state index contributed by atoms with van der Waals surface area (Å²) in [4.78, 5) is 12.6. The van der Waals surface area contributed by atoms with Gasteiger partial charge in [0.2, 0.25) is 0 Å². The number of hydrogen-bond donors (Lipinski definition) is 1. The normalized spacial score (nSPS) is 18.9. The van der Waals surface area contributed by atoms with E-state index in [9.17, 15) is 4.79 Å². The van der Waals surface area contributed by atoms with Gasteiger partial charge in [0.25, 0.3) is 0 Å². The molecule has 1 aromatic rings. The van der Waals surface area contributed by atoms with Gasteiger partial charge in [-0.1, -0.05) is 11.6 Å². The van der Waals surface area contributed by atoms with Gasteiger partial charge in [-0.15, -0.1) is 0 Å². The predicted octanol–water partition coefficient (Wildman–Crippen LogP) is 2.01. The second kappa shape index (κ2) is 4.22. The van der Waals surface area contributed by atoms with Gasteiger partial charge in [0.15, 0.2) is 0 Å². The molecule has 0 spiro atoms. The van der Waals surface area contributed by atoms with Crippen LogP contribution in [0.2, 0.25) is 5.02 Å². The SMILES string of the molecule is CN1c2ccc(Cl)cc2OCC1CC(=O)O. The van der Waals surface area contributed by atoms with E-state index >= 15 is 0 Å². The molecule has 5 heteroatoms. The average Bonchev–Trinajstić information content (AvgIpc) is 2.22. The number of aliphatic carboxylic acids is 1. The molecule has 1 N–H and O–H groups in total. The number of hydrogen-bond acceptors (Lipinski definition) is 3. The third-order valence-electron chi connectivity index (χ3n) is 2.69. The van der Waals surface area contributed by atoms with Crippen LogP contribution >= 0.6 is 11.6 Å². The van der Waals surface area contributed by atoms with Gasteiger partial charge in [0.05, 0.1) is 18.2 Å². The lowest BCUT2D eigenvalue weighted by Gasteiger charge is -2.35. The molecule has 1 aliphatic heterocycles. The molecule has 1 atom stereocenters. The molecule has 16 heavy (non-hydrogen) atoms. The minimum atomic E-state index is -0.821. The standard InChI is InChI=1S/C11H12ClNO3/c1-13-8(5-11(14)15)6-16-10-4-7(12)2-3-9(10)13/h2-4,8H,5-6H2,1H3,(H,14,15). The second-order valence-corrected chi connectivity index (χ2v) is 4.22. The lowest BCUT2D eigenvalue weighted by atomic mass is 10.1. The number of ether oxygens (including phenoxy) is 1. The lowest BCUT2D eigenvalue weighted by molar-refractivity contribution is -0.137. The topological polar surface area (TPSA) is 49.8 Å². The smallest absolute Gasteiger partial charge is 0.305 e. The van der Waals surface area contributed by atoms with Gasteiger partial charge in [-0.05, 0) is 12.1 Å². The zero-order chi connectivity index (χ0) is 11.7. The summed E-state index contributed by atoms with van der Waals surface area (Å²) in [5, 5.41) is 9.39. The van der Waals surface area contributed by atoms with Crippen LogP contribution in [0.25, 0.3) is 0 Å². The number of nitrogens with zero attached hydrogens (tertiary/aromatic N) is 1.